The highest BCUT2D eigenvalue weighted by Gasteiger charge is 2.31. The van der Waals surface area contributed by atoms with Crippen LogP contribution >= 0.6 is 0 Å². The van der Waals surface area contributed by atoms with Crippen LogP contribution in [0, 0.1) is 13.8 Å². The molecule has 2 aromatic rings. The maximum atomic E-state index is 12.8. The molecular formula is C22H29F3N4O. The van der Waals surface area contributed by atoms with Gasteiger partial charge in [0.2, 0.25) is 5.91 Å². The molecule has 164 valence electrons. The third-order valence-electron chi connectivity index (χ3n) is 5.56. The number of halogens is 3. The Hall–Kier alpha value is -2.35. The van der Waals surface area contributed by atoms with Crippen molar-refractivity contribution in [1.29, 1.82) is 0 Å². The molecule has 30 heavy (non-hydrogen) atoms. The molecule has 1 N–H and O–H groups in total. The average Bonchev–Trinajstić information content (AvgIpc) is 3.20. The molecule has 0 bridgehead atoms. The van der Waals surface area contributed by atoms with E-state index >= 15 is 0 Å². The summed E-state index contributed by atoms with van der Waals surface area (Å²) in [6.07, 6.45) is -1.28. The average molecular weight is 422 g/mol. The first kappa shape index (κ1) is 22.3. The summed E-state index contributed by atoms with van der Waals surface area (Å²) >= 11 is 0. The van der Waals surface area contributed by atoms with E-state index in [-0.39, 0.29) is 11.9 Å². The summed E-state index contributed by atoms with van der Waals surface area (Å²) in [5, 5.41) is 7.67. The number of carbonyl (C=O) groups excluding carboxylic acids is 1. The van der Waals surface area contributed by atoms with E-state index in [1.807, 2.05) is 29.5 Å². The molecule has 3 rings (SSSR count). The molecule has 1 amide bonds. The van der Waals surface area contributed by atoms with Crippen molar-refractivity contribution in [3.63, 3.8) is 0 Å². The number of hydrogen-bond donors (Lipinski definition) is 1. The van der Waals surface area contributed by atoms with Gasteiger partial charge >= 0.3 is 6.18 Å². The molecular weight excluding hydrogens is 393 g/mol. The lowest BCUT2D eigenvalue weighted by Crippen LogP contribution is -2.36. The van der Waals surface area contributed by atoms with Gasteiger partial charge in [0.25, 0.3) is 0 Å². The smallest absolute Gasteiger partial charge is 0.340 e. The molecule has 1 aromatic carbocycles. The summed E-state index contributed by atoms with van der Waals surface area (Å²) in [5.74, 6) is 0.186. The highest BCUT2D eigenvalue weighted by atomic mass is 19.4. The normalized spacial score (nSPS) is 17.2. The first-order chi connectivity index (χ1) is 14.2. The van der Waals surface area contributed by atoms with Crippen LogP contribution < -0.4 is 5.32 Å². The van der Waals surface area contributed by atoms with Gasteiger partial charge in [0, 0.05) is 37.8 Å². The molecule has 0 spiro atoms. The second kappa shape index (κ2) is 9.64. The molecule has 1 fully saturated rings. The Morgan fingerprint density at radius 2 is 2.00 bits per heavy atom. The monoisotopic (exact) mass is 422 g/mol. The molecule has 1 aliphatic heterocycles. The Morgan fingerprint density at radius 3 is 2.70 bits per heavy atom. The summed E-state index contributed by atoms with van der Waals surface area (Å²) in [6, 6.07) is 7.61. The van der Waals surface area contributed by atoms with Crippen LogP contribution in [0.2, 0.25) is 0 Å². The zero-order valence-corrected chi connectivity index (χ0v) is 17.5. The van der Waals surface area contributed by atoms with E-state index in [4.69, 9.17) is 0 Å². The maximum absolute atomic E-state index is 12.8. The quantitative estimate of drug-likeness (QED) is 0.620. The first-order valence-electron chi connectivity index (χ1n) is 10.4. The number of aryl methyl sites for hydroxylation is 3. The van der Waals surface area contributed by atoms with Gasteiger partial charge < -0.3 is 10.2 Å². The van der Waals surface area contributed by atoms with Crippen molar-refractivity contribution in [3.05, 3.63) is 52.8 Å². The van der Waals surface area contributed by atoms with Gasteiger partial charge in [0.15, 0.2) is 0 Å². The predicted octanol–water partition coefficient (Wildman–Crippen LogP) is 4.08. The highest BCUT2D eigenvalue weighted by Crippen LogP contribution is 2.29. The number of hydrogen-bond acceptors (Lipinski definition) is 3. The molecule has 0 unspecified atom stereocenters. The van der Waals surface area contributed by atoms with Crippen LogP contribution in [0.15, 0.2) is 30.3 Å². The predicted molar refractivity (Wildman–Crippen MR) is 109 cm³/mol. The number of aromatic nitrogens is 2. The topological polar surface area (TPSA) is 50.2 Å². The Balaban J connectivity index is 1.43. The van der Waals surface area contributed by atoms with Crippen molar-refractivity contribution in [1.82, 2.24) is 20.0 Å². The SMILES string of the molecule is Cc1cc(C)n(CCCN2C(=O)CC[C@H]2CCNCc2cccc(C(F)(F)F)c2)n1. The molecule has 2 heterocycles. The number of carbonyl (C=O) groups is 1. The summed E-state index contributed by atoms with van der Waals surface area (Å²) in [5.41, 5.74) is 2.09. The summed E-state index contributed by atoms with van der Waals surface area (Å²) in [4.78, 5) is 14.2. The van der Waals surface area contributed by atoms with Crippen molar-refractivity contribution in [2.75, 3.05) is 13.1 Å². The molecule has 1 atom stereocenters. The third kappa shape index (κ3) is 5.84. The summed E-state index contributed by atoms with van der Waals surface area (Å²) in [7, 11) is 0. The molecule has 0 saturated carbocycles. The second-order valence-corrected chi connectivity index (χ2v) is 7.95. The van der Waals surface area contributed by atoms with Crippen molar-refractivity contribution in [2.45, 2.75) is 64.8 Å². The minimum atomic E-state index is -4.33. The van der Waals surface area contributed by atoms with Crippen molar-refractivity contribution in [3.8, 4) is 0 Å². The minimum Gasteiger partial charge on any atom is -0.340 e. The van der Waals surface area contributed by atoms with Gasteiger partial charge in [0.1, 0.15) is 0 Å². The lowest BCUT2D eigenvalue weighted by atomic mass is 10.1. The lowest BCUT2D eigenvalue weighted by molar-refractivity contribution is -0.137. The molecule has 1 aliphatic rings. The van der Waals surface area contributed by atoms with E-state index in [1.165, 1.54) is 12.1 Å². The van der Waals surface area contributed by atoms with E-state index in [9.17, 15) is 18.0 Å². The van der Waals surface area contributed by atoms with Crippen LogP contribution in [-0.4, -0.2) is 39.7 Å². The van der Waals surface area contributed by atoms with E-state index in [2.05, 4.69) is 10.4 Å². The fourth-order valence-electron chi connectivity index (χ4n) is 4.05. The van der Waals surface area contributed by atoms with Gasteiger partial charge in [0.05, 0.1) is 11.3 Å². The number of rotatable bonds is 9. The fourth-order valence-corrected chi connectivity index (χ4v) is 4.05. The van der Waals surface area contributed by atoms with Crippen LogP contribution in [0.1, 0.15) is 48.2 Å². The first-order valence-corrected chi connectivity index (χ1v) is 10.4. The van der Waals surface area contributed by atoms with Crippen LogP contribution in [0.5, 0.6) is 0 Å². The fraction of sp³-hybridized carbons (Fsp3) is 0.545. The number of nitrogens with zero attached hydrogens (tertiary/aromatic N) is 3. The third-order valence-corrected chi connectivity index (χ3v) is 5.56. The van der Waals surface area contributed by atoms with Crippen molar-refractivity contribution in [2.24, 2.45) is 0 Å². The van der Waals surface area contributed by atoms with Gasteiger partial charge in [-0.15, -0.1) is 0 Å². The van der Waals surface area contributed by atoms with Gasteiger partial charge in [-0.05, 0) is 57.4 Å². The van der Waals surface area contributed by atoms with Gasteiger partial charge in [-0.3, -0.25) is 9.48 Å². The lowest BCUT2D eigenvalue weighted by Gasteiger charge is -2.25. The summed E-state index contributed by atoms with van der Waals surface area (Å²) < 4.78 is 40.4. The summed E-state index contributed by atoms with van der Waals surface area (Å²) in [6.45, 7) is 6.51. The number of alkyl halides is 3. The minimum absolute atomic E-state index is 0.186. The van der Waals surface area contributed by atoms with E-state index in [1.54, 1.807) is 6.07 Å². The standard InChI is InChI=1S/C22H29F3N4O/c1-16-13-17(2)29(27-16)12-4-11-28-20(7-8-21(28)30)9-10-26-15-18-5-3-6-19(14-18)22(23,24)25/h3,5-6,13-14,20,26H,4,7-12,15H2,1-2H3/t20-/m0/s1. The molecule has 0 radical (unpaired) electrons. The highest BCUT2D eigenvalue weighted by molar-refractivity contribution is 5.78. The Labute approximate surface area is 175 Å². The molecule has 1 saturated heterocycles. The Morgan fingerprint density at radius 1 is 1.20 bits per heavy atom. The van der Waals surface area contributed by atoms with E-state index < -0.39 is 11.7 Å². The number of benzene rings is 1. The molecule has 5 nitrogen and oxygen atoms in total. The maximum Gasteiger partial charge on any atom is 0.416 e. The van der Waals surface area contributed by atoms with Gasteiger partial charge in [-0.2, -0.15) is 18.3 Å². The van der Waals surface area contributed by atoms with Gasteiger partial charge in [-0.25, -0.2) is 0 Å². The Kier molecular flexibility index (Phi) is 7.18. The van der Waals surface area contributed by atoms with Crippen LogP contribution in [0.4, 0.5) is 13.2 Å². The van der Waals surface area contributed by atoms with E-state index in [0.717, 1.165) is 43.3 Å². The van der Waals surface area contributed by atoms with Crippen LogP contribution in [-0.2, 0) is 24.1 Å². The zero-order chi connectivity index (χ0) is 21.7. The molecule has 0 aliphatic carbocycles. The number of likely N-dealkylation sites (tertiary alicyclic amines) is 1. The van der Waals surface area contributed by atoms with Gasteiger partial charge in [-0.1, -0.05) is 18.2 Å². The van der Waals surface area contributed by atoms with Crippen molar-refractivity contribution < 1.29 is 18.0 Å². The zero-order valence-electron chi connectivity index (χ0n) is 17.5. The van der Waals surface area contributed by atoms with Crippen molar-refractivity contribution >= 4 is 5.91 Å². The van der Waals surface area contributed by atoms with E-state index in [0.29, 0.717) is 31.6 Å². The van der Waals surface area contributed by atoms with Crippen LogP contribution in [0.3, 0.4) is 0 Å². The largest absolute Gasteiger partial charge is 0.416 e. The Bertz CT molecular complexity index is 862. The number of amides is 1. The second-order valence-electron chi connectivity index (χ2n) is 7.95. The molecule has 8 heteroatoms. The van der Waals surface area contributed by atoms with Crippen LogP contribution in [0.25, 0.3) is 0 Å². The molecule has 1 aromatic heterocycles. The number of nitrogens with one attached hydrogen (secondary N) is 1.